The minimum Gasteiger partial charge on any atom is -0.391 e. The monoisotopic (exact) mass is 226 g/mol. The second-order valence-corrected chi connectivity index (χ2v) is 3.63. The van der Waals surface area contributed by atoms with E-state index in [4.69, 9.17) is 0 Å². The molecule has 0 bridgehead atoms. The van der Waals surface area contributed by atoms with Crippen molar-refractivity contribution >= 4 is 5.91 Å². The van der Waals surface area contributed by atoms with Crippen molar-refractivity contribution in [1.82, 2.24) is 20.5 Å². The van der Waals surface area contributed by atoms with Gasteiger partial charge in [0.2, 0.25) is 5.82 Å². The Kier molecular flexibility index (Phi) is 4.91. The molecule has 0 aliphatic rings. The summed E-state index contributed by atoms with van der Waals surface area (Å²) in [5.41, 5.74) is 0. The van der Waals surface area contributed by atoms with Crippen molar-refractivity contribution in [3.05, 3.63) is 11.6 Å². The van der Waals surface area contributed by atoms with E-state index in [0.717, 1.165) is 12.8 Å². The standard InChI is InChI=1S/C10H18N4O2/c1-3-5-8-12-9(14-13-8)10(16)11-6-7(15)4-2/h7,15H,3-6H2,1-2H3,(H,11,16)(H,12,13,14). The lowest BCUT2D eigenvalue weighted by molar-refractivity contribution is 0.0904. The summed E-state index contributed by atoms with van der Waals surface area (Å²) in [6.45, 7) is 4.11. The predicted octanol–water partition coefficient (Wildman–Crippen LogP) is 0.258. The van der Waals surface area contributed by atoms with E-state index in [-0.39, 0.29) is 18.3 Å². The first kappa shape index (κ1) is 12.6. The molecule has 1 unspecified atom stereocenters. The maximum atomic E-state index is 11.5. The summed E-state index contributed by atoms with van der Waals surface area (Å²) in [4.78, 5) is 15.6. The zero-order valence-electron chi connectivity index (χ0n) is 9.66. The predicted molar refractivity (Wildman–Crippen MR) is 59.0 cm³/mol. The molecule has 1 amide bonds. The van der Waals surface area contributed by atoms with Crippen LogP contribution in [0.3, 0.4) is 0 Å². The second-order valence-electron chi connectivity index (χ2n) is 3.63. The highest BCUT2D eigenvalue weighted by Crippen LogP contribution is 1.96. The number of aliphatic hydroxyl groups excluding tert-OH is 1. The number of H-pyrrole nitrogens is 1. The number of aromatic amines is 1. The molecule has 0 aromatic carbocycles. The molecule has 1 aromatic heterocycles. The topological polar surface area (TPSA) is 90.9 Å². The number of rotatable bonds is 6. The van der Waals surface area contributed by atoms with Gasteiger partial charge in [0.1, 0.15) is 5.82 Å². The van der Waals surface area contributed by atoms with E-state index < -0.39 is 6.10 Å². The Morgan fingerprint density at radius 1 is 1.56 bits per heavy atom. The number of aryl methyl sites for hydroxylation is 1. The van der Waals surface area contributed by atoms with Crippen molar-refractivity contribution in [1.29, 1.82) is 0 Å². The van der Waals surface area contributed by atoms with E-state index in [0.29, 0.717) is 12.2 Å². The van der Waals surface area contributed by atoms with Crippen LogP contribution in [-0.4, -0.2) is 38.8 Å². The molecule has 0 fully saturated rings. The van der Waals surface area contributed by atoms with Gasteiger partial charge >= 0.3 is 0 Å². The van der Waals surface area contributed by atoms with Crippen LogP contribution in [0.4, 0.5) is 0 Å². The maximum absolute atomic E-state index is 11.5. The van der Waals surface area contributed by atoms with Gasteiger partial charge in [-0.15, -0.1) is 5.10 Å². The Morgan fingerprint density at radius 3 is 2.94 bits per heavy atom. The summed E-state index contributed by atoms with van der Waals surface area (Å²) in [5.74, 6) is 0.488. The van der Waals surface area contributed by atoms with E-state index in [1.807, 2.05) is 13.8 Å². The number of carbonyl (C=O) groups is 1. The van der Waals surface area contributed by atoms with Gasteiger partial charge in [-0.25, -0.2) is 4.98 Å². The summed E-state index contributed by atoms with van der Waals surface area (Å²) >= 11 is 0. The van der Waals surface area contributed by atoms with Crippen LogP contribution in [-0.2, 0) is 6.42 Å². The molecule has 1 heterocycles. The number of nitrogens with one attached hydrogen (secondary N) is 2. The first-order valence-corrected chi connectivity index (χ1v) is 5.54. The van der Waals surface area contributed by atoms with Crippen molar-refractivity contribution in [2.75, 3.05) is 6.54 Å². The second kappa shape index (κ2) is 6.22. The number of hydrogen-bond donors (Lipinski definition) is 3. The van der Waals surface area contributed by atoms with E-state index in [2.05, 4.69) is 20.5 Å². The number of amides is 1. The number of aliphatic hydroxyl groups is 1. The van der Waals surface area contributed by atoms with Crippen LogP contribution in [0, 0.1) is 0 Å². The van der Waals surface area contributed by atoms with Crippen molar-refractivity contribution in [3.63, 3.8) is 0 Å². The minimum absolute atomic E-state index is 0.131. The summed E-state index contributed by atoms with van der Waals surface area (Å²) in [6.07, 6.45) is 1.82. The van der Waals surface area contributed by atoms with Crippen LogP contribution < -0.4 is 5.32 Å². The highest BCUT2D eigenvalue weighted by Gasteiger charge is 2.12. The molecule has 0 radical (unpaired) electrons. The van der Waals surface area contributed by atoms with Crippen LogP contribution in [0.25, 0.3) is 0 Å². The van der Waals surface area contributed by atoms with Gasteiger partial charge in [-0.05, 0) is 12.8 Å². The lowest BCUT2D eigenvalue weighted by Crippen LogP contribution is -2.32. The molecule has 0 saturated heterocycles. The highest BCUT2D eigenvalue weighted by molar-refractivity contribution is 5.90. The number of carbonyl (C=O) groups excluding carboxylic acids is 1. The molecule has 6 heteroatoms. The highest BCUT2D eigenvalue weighted by atomic mass is 16.3. The van der Waals surface area contributed by atoms with Gasteiger partial charge < -0.3 is 10.4 Å². The summed E-state index contributed by atoms with van der Waals surface area (Å²) in [5, 5.41) is 18.4. The lowest BCUT2D eigenvalue weighted by atomic mass is 10.3. The number of aromatic nitrogens is 3. The molecule has 1 rings (SSSR count). The molecular formula is C10H18N4O2. The smallest absolute Gasteiger partial charge is 0.291 e. The van der Waals surface area contributed by atoms with Crippen molar-refractivity contribution < 1.29 is 9.90 Å². The molecule has 1 aromatic rings. The van der Waals surface area contributed by atoms with Gasteiger partial charge in [0.05, 0.1) is 6.10 Å². The molecule has 0 saturated carbocycles. The quantitative estimate of drug-likeness (QED) is 0.648. The molecule has 3 N–H and O–H groups in total. The zero-order valence-corrected chi connectivity index (χ0v) is 9.66. The van der Waals surface area contributed by atoms with Crippen molar-refractivity contribution in [2.45, 2.75) is 39.2 Å². The summed E-state index contributed by atoms with van der Waals surface area (Å²) in [6, 6.07) is 0. The lowest BCUT2D eigenvalue weighted by Gasteiger charge is -2.07. The molecule has 16 heavy (non-hydrogen) atoms. The summed E-state index contributed by atoms with van der Waals surface area (Å²) in [7, 11) is 0. The fourth-order valence-corrected chi connectivity index (χ4v) is 1.18. The van der Waals surface area contributed by atoms with Crippen LogP contribution >= 0.6 is 0 Å². The molecule has 0 aliphatic carbocycles. The van der Waals surface area contributed by atoms with Gasteiger partial charge in [-0.3, -0.25) is 9.89 Å². The zero-order chi connectivity index (χ0) is 12.0. The normalized spacial score (nSPS) is 12.4. The summed E-state index contributed by atoms with van der Waals surface area (Å²) < 4.78 is 0. The van der Waals surface area contributed by atoms with Crippen LogP contribution in [0.2, 0.25) is 0 Å². The third kappa shape index (κ3) is 3.62. The first-order chi connectivity index (χ1) is 7.67. The maximum Gasteiger partial charge on any atom is 0.291 e. The Balaban J connectivity index is 2.46. The van der Waals surface area contributed by atoms with Crippen molar-refractivity contribution in [3.8, 4) is 0 Å². The molecule has 6 nitrogen and oxygen atoms in total. The van der Waals surface area contributed by atoms with E-state index >= 15 is 0 Å². The Hall–Kier alpha value is -1.43. The van der Waals surface area contributed by atoms with Gasteiger partial charge in [0.25, 0.3) is 5.91 Å². The Bertz CT molecular complexity index is 337. The molecule has 0 spiro atoms. The third-order valence-corrected chi connectivity index (χ3v) is 2.19. The van der Waals surface area contributed by atoms with Crippen LogP contribution in [0.5, 0.6) is 0 Å². The molecule has 1 atom stereocenters. The fourth-order valence-electron chi connectivity index (χ4n) is 1.18. The van der Waals surface area contributed by atoms with E-state index in [9.17, 15) is 9.90 Å². The molecule has 0 aliphatic heterocycles. The minimum atomic E-state index is -0.516. The fraction of sp³-hybridized carbons (Fsp3) is 0.700. The largest absolute Gasteiger partial charge is 0.391 e. The average molecular weight is 226 g/mol. The first-order valence-electron chi connectivity index (χ1n) is 5.54. The van der Waals surface area contributed by atoms with Crippen LogP contribution in [0.1, 0.15) is 43.1 Å². The average Bonchev–Trinajstić information content (AvgIpc) is 2.74. The Morgan fingerprint density at radius 2 is 2.31 bits per heavy atom. The van der Waals surface area contributed by atoms with Gasteiger partial charge in [0.15, 0.2) is 0 Å². The number of nitrogens with zero attached hydrogens (tertiary/aromatic N) is 2. The van der Waals surface area contributed by atoms with Crippen LogP contribution in [0.15, 0.2) is 0 Å². The van der Waals surface area contributed by atoms with Gasteiger partial charge in [0, 0.05) is 13.0 Å². The molecule has 90 valence electrons. The third-order valence-electron chi connectivity index (χ3n) is 2.19. The SMILES string of the molecule is CCCc1nc(C(=O)NCC(O)CC)n[nH]1. The van der Waals surface area contributed by atoms with Gasteiger partial charge in [-0.1, -0.05) is 13.8 Å². The van der Waals surface area contributed by atoms with E-state index in [1.165, 1.54) is 0 Å². The Labute approximate surface area is 94.5 Å². The van der Waals surface area contributed by atoms with Crippen molar-refractivity contribution in [2.24, 2.45) is 0 Å². The molecular weight excluding hydrogens is 208 g/mol. The number of hydrogen-bond acceptors (Lipinski definition) is 4. The van der Waals surface area contributed by atoms with E-state index in [1.54, 1.807) is 0 Å². The van der Waals surface area contributed by atoms with Gasteiger partial charge in [-0.2, -0.15) is 0 Å².